The van der Waals surface area contributed by atoms with E-state index in [2.05, 4.69) is 21.2 Å². The van der Waals surface area contributed by atoms with Gasteiger partial charge in [-0.1, -0.05) is 29.8 Å². The van der Waals surface area contributed by atoms with Gasteiger partial charge in [0.2, 0.25) is 11.8 Å². The first kappa shape index (κ1) is 22.8. The van der Waals surface area contributed by atoms with Gasteiger partial charge in [-0.25, -0.2) is 8.42 Å². The van der Waals surface area contributed by atoms with Gasteiger partial charge in [0.1, 0.15) is 0 Å². The largest absolute Gasteiger partial charge is 0.352 e. The predicted molar refractivity (Wildman–Crippen MR) is 120 cm³/mol. The van der Waals surface area contributed by atoms with E-state index in [1.54, 1.807) is 29.2 Å². The first-order valence-corrected chi connectivity index (χ1v) is 12.3. The summed E-state index contributed by atoms with van der Waals surface area (Å²) in [7, 11) is -3.74. The van der Waals surface area contributed by atoms with Gasteiger partial charge < -0.3 is 10.2 Å². The zero-order valence-electron chi connectivity index (χ0n) is 16.6. The molecule has 0 bridgehead atoms. The van der Waals surface area contributed by atoms with Crippen LogP contribution in [0.3, 0.4) is 0 Å². The summed E-state index contributed by atoms with van der Waals surface area (Å²) >= 11 is 9.41. The fraction of sp³-hybridized carbons (Fsp3) is 0.333. The van der Waals surface area contributed by atoms with E-state index in [-0.39, 0.29) is 41.5 Å². The topological polar surface area (TPSA) is 83.6 Å². The molecule has 2 aromatic carbocycles. The van der Waals surface area contributed by atoms with E-state index in [1.165, 1.54) is 13.0 Å². The van der Waals surface area contributed by atoms with Crippen molar-refractivity contribution in [1.29, 1.82) is 0 Å². The highest BCUT2D eigenvalue weighted by atomic mass is 79.9. The molecule has 0 spiro atoms. The van der Waals surface area contributed by atoms with E-state index in [0.717, 1.165) is 11.1 Å². The van der Waals surface area contributed by atoms with Gasteiger partial charge in [-0.15, -0.1) is 0 Å². The SMILES string of the molecule is CC(=O)N1c2cc(S(=O)(=O)CCC(=O)NCc3ccccc3Cl)c(Br)cc2CC1C. The number of hydrogen-bond donors (Lipinski definition) is 1. The summed E-state index contributed by atoms with van der Waals surface area (Å²) in [6.07, 6.45) is 0.488. The summed E-state index contributed by atoms with van der Waals surface area (Å²) in [5.41, 5.74) is 2.29. The van der Waals surface area contributed by atoms with E-state index in [4.69, 9.17) is 11.6 Å². The Kier molecular flexibility index (Phi) is 6.89. The lowest BCUT2D eigenvalue weighted by Gasteiger charge is -2.21. The summed E-state index contributed by atoms with van der Waals surface area (Å²) in [6.45, 7) is 3.62. The third kappa shape index (κ3) is 4.87. The van der Waals surface area contributed by atoms with E-state index in [9.17, 15) is 18.0 Å². The molecule has 3 rings (SSSR count). The minimum atomic E-state index is -3.74. The highest BCUT2D eigenvalue weighted by molar-refractivity contribution is 9.10. The number of carbonyl (C=O) groups excluding carboxylic acids is 2. The van der Waals surface area contributed by atoms with Crippen LogP contribution in [0, 0.1) is 0 Å². The van der Waals surface area contributed by atoms with E-state index in [0.29, 0.717) is 21.6 Å². The molecule has 2 aromatic rings. The van der Waals surface area contributed by atoms with Crippen LogP contribution in [0.4, 0.5) is 5.69 Å². The standard InChI is InChI=1S/C21H22BrClN2O4S/c1-13-9-16-10-17(22)20(11-19(16)25(13)14(2)26)30(28,29)8-7-21(27)24-12-15-5-3-4-6-18(15)23/h3-6,10-11,13H,7-9,12H2,1-2H3,(H,24,27). The van der Waals surface area contributed by atoms with Crippen LogP contribution < -0.4 is 10.2 Å². The lowest BCUT2D eigenvalue weighted by Crippen LogP contribution is -2.33. The van der Waals surface area contributed by atoms with Gasteiger partial charge in [0.15, 0.2) is 9.84 Å². The van der Waals surface area contributed by atoms with Crippen molar-refractivity contribution < 1.29 is 18.0 Å². The summed E-state index contributed by atoms with van der Waals surface area (Å²) < 4.78 is 26.3. The van der Waals surface area contributed by atoms with Crippen molar-refractivity contribution in [2.45, 2.75) is 44.2 Å². The molecule has 1 aliphatic heterocycles. The normalized spacial score (nSPS) is 15.7. The maximum Gasteiger partial charge on any atom is 0.224 e. The van der Waals surface area contributed by atoms with Crippen molar-refractivity contribution in [1.82, 2.24) is 5.32 Å². The minimum absolute atomic E-state index is 0.0297. The number of rotatable bonds is 6. The fourth-order valence-electron chi connectivity index (χ4n) is 3.60. The van der Waals surface area contributed by atoms with Gasteiger partial charge in [0.25, 0.3) is 0 Å². The van der Waals surface area contributed by atoms with Crippen molar-refractivity contribution in [2.75, 3.05) is 10.7 Å². The maximum atomic E-state index is 12.9. The van der Waals surface area contributed by atoms with E-state index in [1.807, 2.05) is 13.0 Å². The average molecular weight is 514 g/mol. The molecular weight excluding hydrogens is 492 g/mol. The fourth-order valence-corrected chi connectivity index (χ4v) is 6.25. The van der Waals surface area contributed by atoms with E-state index < -0.39 is 9.84 Å². The Bertz CT molecular complexity index is 1100. The molecule has 1 heterocycles. The molecule has 30 heavy (non-hydrogen) atoms. The van der Waals surface area contributed by atoms with Gasteiger partial charge in [0.05, 0.1) is 10.6 Å². The summed E-state index contributed by atoms with van der Waals surface area (Å²) in [6, 6.07) is 10.4. The Labute approximate surface area is 189 Å². The van der Waals surface area contributed by atoms with Gasteiger partial charge in [-0.05, 0) is 58.6 Å². The number of carbonyl (C=O) groups is 2. The summed E-state index contributed by atoms with van der Waals surface area (Å²) in [4.78, 5) is 25.9. The second-order valence-electron chi connectivity index (χ2n) is 7.29. The van der Waals surface area contributed by atoms with Crippen LogP contribution in [0.15, 0.2) is 45.8 Å². The smallest absolute Gasteiger partial charge is 0.224 e. The highest BCUT2D eigenvalue weighted by Gasteiger charge is 2.32. The molecule has 0 aliphatic carbocycles. The Balaban J connectivity index is 1.71. The molecule has 6 nitrogen and oxygen atoms in total. The third-order valence-corrected chi connectivity index (χ3v) is 8.09. The summed E-state index contributed by atoms with van der Waals surface area (Å²) in [5, 5.41) is 3.23. The van der Waals surface area contributed by atoms with Gasteiger partial charge in [0, 0.05) is 41.1 Å². The lowest BCUT2D eigenvalue weighted by atomic mass is 10.1. The Hall–Kier alpha value is -1.90. The molecule has 2 amide bonds. The maximum absolute atomic E-state index is 12.9. The first-order valence-electron chi connectivity index (χ1n) is 9.45. The molecule has 1 unspecified atom stereocenters. The molecule has 1 atom stereocenters. The number of nitrogens with one attached hydrogen (secondary N) is 1. The number of sulfone groups is 1. The number of nitrogens with zero attached hydrogens (tertiary/aromatic N) is 1. The third-order valence-electron chi connectivity index (χ3n) is 5.05. The Morgan fingerprint density at radius 1 is 1.27 bits per heavy atom. The predicted octanol–water partition coefficient (Wildman–Crippen LogP) is 3.88. The monoisotopic (exact) mass is 512 g/mol. The van der Waals surface area contributed by atoms with E-state index >= 15 is 0 Å². The second-order valence-corrected chi connectivity index (χ2v) is 10.6. The number of hydrogen-bond acceptors (Lipinski definition) is 4. The molecule has 0 saturated heterocycles. The van der Waals surface area contributed by atoms with Crippen molar-refractivity contribution >= 4 is 54.9 Å². The zero-order valence-corrected chi connectivity index (χ0v) is 19.8. The molecule has 0 saturated carbocycles. The molecule has 160 valence electrons. The van der Waals surface area contributed by atoms with Gasteiger partial charge in [-0.2, -0.15) is 0 Å². The number of halogens is 2. The Morgan fingerprint density at radius 3 is 2.63 bits per heavy atom. The minimum Gasteiger partial charge on any atom is -0.352 e. The van der Waals surface area contributed by atoms with Crippen LogP contribution in [-0.2, 0) is 32.4 Å². The van der Waals surface area contributed by atoms with Crippen molar-refractivity contribution in [3.05, 3.63) is 57.0 Å². The average Bonchev–Trinajstić information content (AvgIpc) is 2.99. The van der Waals surface area contributed by atoms with Gasteiger partial charge in [-0.3, -0.25) is 9.59 Å². The highest BCUT2D eigenvalue weighted by Crippen LogP contribution is 2.38. The lowest BCUT2D eigenvalue weighted by molar-refractivity contribution is -0.121. The van der Waals surface area contributed by atoms with Crippen LogP contribution in [0.25, 0.3) is 0 Å². The van der Waals surface area contributed by atoms with Crippen molar-refractivity contribution in [2.24, 2.45) is 0 Å². The number of anilines is 1. The van der Waals surface area contributed by atoms with Crippen LogP contribution >= 0.6 is 27.5 Å². The molecule has 1 N–H and O–H groups in total. The zero-order chi connectivity index (χ0) is 22.1. The molecule has 0 fully saturated rings. The van der Waals surface area contributed by atoms with Gasteiger partial charge >= 0.3 is 0 Å². The second kappa shape index (κ2) is 9.08. The first-order chi connectivity index (χ1) is 14.1. The quantitative estimate of drug-likeness (QED) is 0.635. The number of benzene rings is 2. The molecule has 1 aliphatic rings. The summed E-state index contributed by atoms with van der Waals surface area (Å²) in [5.74, 6) is -0.852. The molecular formula is C21H22BrClN2O4S. The van der Waals surface area contributed by atoms with Crippen molar-refractivity contribution in [3.8, 4) is 0 Å². The molecule has 9 heteroatoms. The number of fused-ring (bicyclic) bond motifs is 1. The van der Waals surface area contributed by atoms with Crippen molar-refractivity contribution in [3.63, 3.8) is 0 Å². The van der Waals surface area contributed by atoms with Crippen LogP contribution in [0.2, 0.25) is 5.02 Å². The molecule has 0 radical (unpaired) electrons. The van der Waals surface area contributed by atoms with Crippen LogP contribution in [-0.4, -0.2) is 32.0 Å². The number of amides is 2. The van der Waals surface area contributed by atoms with Crippen LogP contribution in [0.1, 0.15) is 31.4 Å². The van der Waals surface area contributed by atoms with Crippen LogP contribution in [0.5, 0.6) is 0 Å². The molecule has 0 aromatic heterocycles. The Morgan fingerprint density at radius 2 is 1.97 bits per heavy atom.